The van der Waals surface area contributed by atoms with E-state index in [-0.39, 0.29) is 15.8 Å². The molecule has 1 aliphatic heterocycles. The molecule has 0 saturated carbocycles. The first-order chi connectivity index (χ1) is 12.6. The maximum atomic E-state index is 12.1. The number of hydrogen-bond acceptors (Lipinski definition) is 6. The van der Waals surface area contributed by atoms with E-state index in [9.17, 15) is 16.8 Å². The highest BCUT2D eigenvalue weighted by Crippen LogP contribution is 2.27. The Hall–Kier alpha value is -1.94. The summed E-state index contributed by atoms with van der Waals surface area (Å²) >= 11 is 0. The number of rotatable bonds is 6. The van der Waals surface area contributed by atoms with Gasteiger partial charge in [-0.3, -0.25) is 4.90 Å². The molecular formula is C18H23N3O4S2. The van der Waals surface area contributed by atoms with Gasteiger partial charge in [-0.15, -0.1) is 0 Å². The Morgan fingerprint density at radius 1 is 1.11 bits per heavy atom. The molecule has 27 heavy (non-hydrogen) atoms. The van der Waals surface area contributed by atoms with Gasteiger partial charge in [0.25, 0.3) is 0 Å². The summed E-state index contributed by atoms with van der Waals surface area (Å²) < 4.78 is 47.3. The normalized spacial score (nSPS) is 18.5. The molecule has 0 amide bonds. The SMILES string of the molecule is CS(=O)(=O)c1cc(S(N)(=O)=O)ccc1NC1CCN(Cc2ccccc2)C1. The molecule has 0 radical (unpaired) electrons. The Kier molecular flexibility index (Phi) is 5.57. The number of hydrogen-bond donors (Lipinski definition) is 2. The van der Waals surface area contributed by atoms with Gasteiger partial charge in [-0.25, -0.2) is 22.0 Å². The summed E-state index contributed by atoms with van der Waals surface area (Å²) in [5.41, 5.74) is 1.63. The van der Waals surface area contributed by atoms with E-state index in [1.165, 1.54) is 17.7 Å². The van der Waals surface area contributed by atoms with Gasteiger partial charge in [0.15, 0.2) is 9.84 Å². The molecule has 0 aromatic heterocycles. The van der Waals surface area contributed by atoms with Gasteiger partial charge in [-0.2, -0.15) is 0 Å². The van der Waals surface area contributed by atoms with Crippen LogP contribution in [0.2, 0.25) is 0 Å². The Morgan fingerprint density at radius 2 is 1.81 bits per heavy atom. The first-order valence-corrected chi connectivity index (χ1v) is 12.0. The van der Waals surface area contributed by atoms with Gasteiger partial charge >= 0.3 is 0 Å². The number of nitrogens with two attached hydrogens (primary N) is 1. The summed E-state index contributed by atoms with van der Waals surface area (Å²) in [5, 5.41) is 8.38. The van der Waals surface area contributed by atoms with Gasteiger partial charge in [-0.1, -0.05) is 30.3 Å². The summed E-state index contributed by atoms with van der Waals surface area (Å²) in [6.07, 6.45) is 1.92. The minimum atomic E-state index is -3.97. The summed E-state index contributed by atoms with van der Waals surface area (Å²) in [5.74, 6) is 0. The van der Waals surface area contributed by atoms with Crippen molar-refractivity contribution < 1.29 is 16.8 Å². The van der Waals surface area contributed by atoms with Gasteiger partial charge in [-0.05, 0) is 30.2 Å². The highest BCUT2D eigenvalue weighted by atomic mass is 32.2. The van der Waals surface area contributed by atoms with Crippen molar-refractivity contribution in [2.24, 2.45) is 5.14 Å². The van der Waals surface area contributed by atoms with Crippen LogP contribution in [0.3, 0.4) is 0 Å². The van der Waals surface area contributed by atoms with Crippen molar-refractivity contribution in [2.45, 2.75) is 28.8 Å². The van der Waals surface area contributed by atoms with Gasteiger partial charge in [0.05, 0.1) is 15.5 Å². The highest BCUT2D eigenvalue weighted by Gasteiger charge is 2.25. The number of benzene rings is 2. The van der Waals surface area contributed by atoms with Crippen LogP contribution in [0.25, 0.3) is 0 Å². The molecule has 3 rings (SSSR count). The van der Waals surface area contributed by atoms with Gasteiger partial charge in [0.1, 0.15) is 0 Å². The summed E-state index contributed by atoms with van der Waals surface area (Å²) in [6.45, 7) is 2.51. The molecule has 1 heterocycles. The molecule has 0 spiro atoms. The Balaban J connectivity index is 1.76. The number of primary sulfonamides is 1. The molecule has 146 valence electrons. The van der Waals surface area contributed by atoms with Crippen LogP contribution in [0, 0.1) is 0 Å². The molecule has 1 saturated heterocycles. The van der Waals surface area contributed by atoms with Crippen LogP contribution in [0.1, 0.15) is 12.0 Å². The van der Waals surface area contributed by atoms with Gasteiger partial charge in [0, 0.05) is 31.9 Å². The minimum absolute atomic E-state index is 0.0597. The molecule has 2 aromatic carbocycles. The van der Waals surface area contributed by atoms with Crippen LogP contribution >= 0.6 is 0 Å². The molecule has 0 aliphatic carbocycles. The lowest BCUT2D eigenvalue weighted by molar-refractivity contribution is 0.328. The third-order valence-corrected chi connectivity index (χ3v) is 6.61. The van der Waals surface area contributed by atoms with E-state index in [0.29, 0.717) is 5.69 Å². The number of nitrogens with zero attached hydrogens (tertiary/aromatic N) is 1. The zero-order valence-corrected chi connectivity index (χ0v) is 16.6. The molecule has 0 bridgehead atoms. The quantitative estimate of drug-likeness (QED) is 0.747. The van der Waals surface area contributed by atoms with E-state index < -0.39 is 19.9 Å². The number of anilines is 1. The number of likely N-dealkylation sites (tertiary alicyclic amines) is 1. The van der Waals surface area contributed by atoms with Crippen LogP contribution in [0.4, 0.5) is 5.69 Å². The second kappa shape index (κ2) is 7.59. The van der Waals surface area contributed by atoms with Crippen molar-refractivity contribution in [1.82, 2.24) is 4.90 Å². The molecule has 7 nitrogen and oxygen atoms in total. The molecule has 1 fully saturated rings. The Labute approximate surface area is 160 Å². The van der Waals surface area contributed by atoms with Crippen molar-refractivity contribution in [3.63, 3.8) is 0 Å². The fourth-order valence-electron chi connectivity index (χ4n) is 3.26. The Morgan fingerprint density at radius 3 is 2.44 bits per heavy atom. The highest BCUT2D eigenvalue weighted by molar-refractivity contribution is 7.91. The van der Waals surface area contributed by atoms with Crippen LogP contribution in [0.15, 0.2) is 58.3 Å². The maximum absolute atomic E-state index is 12.1. The standard InChI is InChI=1S/C18H23N3O4S2/c1-26(22,23)18-11-16(27(19,24)25)7-8-17(18)20-15-9-10-21(13-15)12-14-5-3-2-4-6-14/h2-8,11,15,20H,9-10,12-13H2,1H3,(H2,19,24,25). The van der Waals surface area contributed by atoms with Crippen molar-refractivity contribution in [3.8, 4) is 0 Å². The first-order valence-electron chi connectivity index (χ1n) is 8.52. The zero-order valence-electron chi connectivity index (χ0n) is 15.0. The molecule has 1 aliphatic rings. The van der Waals surface area contributed by atoms with E-state index in [2.05, 4.69) is 22.3 Å². The van der Waals surface area contributed by atoms with Crippen LogP contribution in [-0.2, 0) is 26.4 Å². The van der Waals surface area contributed by atoms with Gasteiger partial charge < -0.3 is 5.32 Å². The summed E-state index contributed by atoms with van der Waals surface area (Å²) in [6, 6.07) is 14.1. The lowest BCUT2D eigenvalue weighted by Gasteiger charge is -2.19. The zero-order chi connectivity index (χ0) is 19.7. The van der Waals surface area contributed by atoms with E-state index in [4.69, 9.17) is 5.14 Å². The van der Waals surface area contributed by atoms with Crippen LogP contribution in [0.5, 0.6) is 0 Å². The smallest absolute Gasteiger partial charge is 0.238 e. The lowest BCUT2D eigenvalue weighted by atomic mass is 10.2. The minimum Gasteiger partial charge on any atom is -0.380 e. The Bertz CT molecular complexity index is 1020. The number of sulfonamides is 1. The lowest BCUT2D eigenvalue weighted by Crippen LogP contribution is -2.26. The molecule has 1 unspecified atom stereocenters. The fourth-order valence-corrected chi connectivity index (χ4v) is 4.74. The van der Waals surface area contributed by atoms with Crippen molar-refractivity contribution in [2.75, 3.05) is 24.7 Å². The molecule has 2 aromatic rings. The number of nitrogens with one attached hydrogen (secondary N) is 1. The van der Waals surface area contributed by atoms with E-state index in [0.717, 1.165) is 38.4 Å². The second-order valence-corrected chi connectivity index (χ2v) is 10.4. The summed E-state index contributed by atoms with van der Waals surface area (Å²) in [7, 11) is -7.59. The largest absolute Gasteiger partial charge is 0.380 e. The van der Waals surface area contributed by atoms with Crippen molar-refractivity contribution in [1.29, 1.82) is 0 Å². The van der Waals surface area contributed by atoms with Crippen LogP contribution < -0.4 is 10.5 Å². The topological polar surface area (TPSA) is 110 Å². The molecule has 3 N–H and O–H groups in total. The van der Waals surface area contributed by atoms with Crippen molar-refractivity contribution >= 4 is 25.5 Å². The van der Waals surface area contributed by atoms with Crippen LogP contribution in [-0.4, -0.2) is 47.1 Å². The predicted octanol–water partition coefficient (Wildman–Crippen LogP) is 1.42. The van der Waals surface area contributed by atoms with Crippen molar-refractivity contribution in [3.05, 3.63) is 54.1 Å². The molecule has 9 heteroatoms. The van der Waals surface area contributed by atoms with E-state index in [1.54, 1.807) is 0 Å². The first kappa shape index (κ1) is 19.8. The fraction of sp³-hybridized carbons (Fsp3) is 0.333. The average molecular weight is 410 g/mol. The number of sulfone groups is 1. The third-order valence-electron chi connectivity index (χ3n) is 4.56. The third kappa shape index (κ3) is 5.07. The average Bonchev–Trinajstić information content (AvgIpc) is 3.01. The monoisotopic (exact) mass is 409 g/mol. The van der Waals surface area contributed by atoms with Gasteiger partial charge in [0.2, 0.25) is 10.0 Å². The second-order valence-electron chi connectivity index (χ2n) is 6.83. The summed E-state index contributed by atoms with van der Waals surface area (Å²) in [4.78, 5) is 2.02. The predicted molar refractivity (Wildman–Crippen MR) is 105 cm³/mol. The molecule has 1 atom stereocenters. The maximum Gasteiger partial charge on any atom is 0.238 e. The molecular weight excluding hydrogens is 386 g/mol. The van der Waals surface area contributed by atoms with E-state index >= 15 is 0 Å². The van der Waals surface area contributed by atoms with E-state index in [1.807, 2.05) is 18.2 Å².